The molecule has 24 heavy (non-hydrogen) atoms. The largest absolute Gasteiger partial charge is 0.290 e. The number of halogens is 1. The van der Waals surface area contributed by atoms with E-state index in [1.165, 1.54) is 18.2 Å². The average molecular weight is 327 g/mol. The first kappa shape index (κ1) is 16.6. The molecule has 1 N–H and O–H groups in total. The maximum atomic E-state index is 13.2. The van der Waals surface area contributed by atoms with Gasteiger partial charge >= 0.3 is 0 Å². The summed E-state index contributed by atoms with van der Waals surface area (Å²) in [6.45, 7) is 6.78. The minimum atomic E-state index is -0.442. The van der Waals surface area contributed by atoms with Crippen LogP contribution in [0, 0.1) is 17.2 Å². The zero-order valence-electron chi connectivity index (χ0n) is 14.3. The maximum absolute atomic E-state index is 13.2. The summed E-state index contributed by atoms with van der Waals surface area (Å²) >= 11 is 0. The summed E-state index contributed by atoms with van der Waals surface area (Å²) in [5.74, 6) is 0.0404. The summed E-state index contributed by atoms with van der Waals surface area (Å²) in [7, 11) is 0. The van der Waals surface area contributed by atoms with Gasteiger partial charge in [-0.2, -0.15) is 0 Å². The number of hydrogen-bond acceptors (Lipinski definition) is 3. The van der Waals surface area contributed by atoms with Crippen molar-refractivity contribution in [1.82, 2.24) is 9.97 Å². The van der Waals surface area contributed by atoms with Gasteiger partial charge in [-0.3, -0.25) is 10.1 Å². The van der Waals surface area contributed by atoms with E-state index in [2.05, 4.69) is 36.1 Å². The van der Waals surface area contributed by atoms with Crippen molar-refractivity contribution in [3.05, 3.63) is 53.1 Å². The number of carbonyl (C=O) groups is 1. The van der Waals surface area contributed by atoms with Crippen molar-refractivity contribution in [1.29, 1.82) is 0 Å². The van der Waals surface area contributed by atoms with Crippen molar-refractivity contribution in [2.75, 3.05) is 5.32 Å². The molecule has 0 spiro atoms. The van der Waals surface area contributed by atoms with Crippen LogP contribution in [-0.2, 0) is 12.8 Å². The van der Waals surface area contributed by atoms with Gasteiger partial charge in [-0.05, 0) is 54.4 Å². The Labute approximate surface area is 141 Å². The summed E-state index contributed by atoms with van der Waals surface area (Å²) < 4.78 is 13.2. The van der Waals surface area contributed by atoms with Gasteiger partial charge < -0.3 is 0 Å². The highest BCUT2D eigenvalue weighted by atomic mass is 19.1. The number of nitrogens with zero attached hydrogens (tertiary/aromatic N) is 2. The Morgan fingerprint density at radius 2 is 2.12 bits per heavy atom. The molecule has 1 aromatic carbocycles. The third-order valence-electron chi connectivity index (χ3n) is 4.69. The van der Waals surface area contributed by atoms with Gasteiger partial charge in [-0.25, -0.2) is 14.4 Å². The third kappa shape index (κ3) is 3.61. The van der Waals surface area contributed by atoms with Gasteiger partial charge in [0, 0.05) is 17.5 Å². The lowest BCUT2D eigenvalue weighted by Gasteiger charge is -2.34. The number of nitrogens with one attached hydrogen (secondary N) is 1. The fraction of sp³-hybridized carbons (Fsp3) is 0.421. The van der Waals surface area contributed by atoms with Crippen molar-refractivity contribution in [2.45, 2.75) is 40.0 Å². The minimum absolute atomic E-state index is 0.254. The number of aryl methyl sites for hydroxylation is 1. The van der Waals surface area contributed by atoms with Crippen molar-refractivity contribution in [2.24, 2.45) is 11.3 Å². The van der Waals surface area contributed by atoms with Gasteiger partial charge in [-0.15, -0.1) is 0 Å². The van der Waals surface area contributed by atoms with E-state index < -0.39 is 11.7 Å². The van der Waals surface area contributed by atoms with E-state index in [4.69, 9.17) is 0 Å². The second-order valence-corrected chi connectivity index (χ2v) is 7.44. The van der Waals surface area contributed by atoms with Crippen LogP contribution in [0.1, 0.15) is 48.8 Å². The Bertz CT molecular complexity index is 767. The van der Waals surface area contributed by atoms with Crippen LogP contribution >= 0.6 is 0 Å². The van der Waals surface area contributed by atoms with Crippen LogP contribution in [-0.4, -0.2) is 15.9 Å². The quantitative estimate of drug-likeness (QED) is 0.906. The van der Waals surface area contributed by atoms with Crippen LogP contribution in [0.15, 0.2) is 30.5 Å². The molecule has 126 valence electrons. The minimum Gasteiger partial charge on any atom is -0.290 e. The Morgan fingerprint density at radius 3 is 2.83 bits per heavy atom. The van der Waals surface area contributed by atoms with E-state index in [1.807, 2.05) is 0 Å². The number of anilines is 1. The number of rotatable bonds is 2. The molecule has 0 saturated carbocycles. The average Bonchev–Trinajstić information content (AvgIpc) is 2.53. The van der Waals surface area contributed by atoms with Crippen molar-refractivity contribution in [3.8, 4) is 0 Å². The predicted molar refractivity (Wildman–Crippen MR) is 91.4 cm³/mol. The predicted octanol–water partition coefficient (Wildman–Crippen LogP) is 4.02. The van der Waals surface area contributed by atoms with Gasteiger partial charge in [0.15, 0.2) is 0 Å². The molecule has 1 aromatic heterocycles. The van der Waals surface area contributed by atoms with Crippen molar-refractivity contribution >= 4 is 11.9 Å². The Kier molecular flexibility index (Phi) is 4.35. The van der Waals surface area contributed by atoms with E-state index in [1.54, 1.807) is 12.3 Å². The summed E-state index contributed by atoms with van der Waals surface area (Å²) in [5, 5.41) is 2.65. The normalized spacial score (nSPS) is 17.2. The molecule has 0 unspecified atom stereocenters. The van der Waals surface area contributed by atoms with Gasteiger partial charge in [-0.1, -0.05) is 26.8 Å². The molecule has 0 aliphatic heterocycles. The molecule has 4 nitrogen and oxygen atoms in total. The summed E-state index contributed by atoms with van der Waals surface area (Å²) in [4.78, 5) is 20.9. The zero-order valence-corrected chi connectivity index (χ0v) is 14.3. The molecule has 1 amide bonds. The van der Waals surface area contributed by atoms with Crippen molar-refractivity contribution < 1.29 is 9.18 Å². The lowest BCUT2D eigenvalue weighted by atomic mass is 9.72. The van der Waals surface area contributed by atoms with Gasteiger partial charge in [0.2, 0.25) is 5.95 Å². The van der Waals surface area contributed by atoms with Crippen LogP contribution in [0.4, 0.5) is 10.3 Å². The van der Waals surface area contributed by atoms with Gasteiger partial charge in [0.05, 0.1) is 0 Å². The van der Waals surface area contributed by atoms with Crippen LogP contribution in [0.5, 0.6) is 0 Å². The number of fused-ring (bicyclic) bond motifs is 1. The van der Waals surface area contributed by atoms with Crippen LogP contribution < -0.4 is 5.32 Å². The standard InChI is InChI=1S/C19H22FN3O/c1-19(2,3)14-7-8-16-13(9-14)11-21-18(22-16)23-17(24)12-5-4-6-15(20)10-12/h4-6,10-11,14H,7-9H2,1-3H3,(H,21,22,23,24)/t14-/m0/s1. The maximum Gasteiger partial charge on any atom is 0.258 e. The zero-order chi connectivity index (χ0) is 17.3. The first-order chi connectivity index (χ1) is 11.3. The Hall–Kier alpha value is -2.30. The molecule has 5 heteroatoms. The smallest absolute Gasteiger partial charge is 0.258 e. The Morgan fingerprint density at radius 1 is 1.33 bits per heavy atom. The highest BCUT2D eigenvalue weighted by molar-refractivity contribution is 6.03. The van der Waals surface area contributed by atoms with E-state index in [-0.39, 0.29) is 16.9 Å². The number of carbonyl (C=O) groups excluding carboxylic acids is 1. The fourth-order valence-electron chi connectivity index (χ4n) is 3.11. The fourth-order valence-corrected chi connectivity index (χ4v) is 3.11. The number of benzene rings is 1. The SMILES string of the molecule is CC(C)(C)[C@H]1CCc2nc(NC(=O)c3cccc(F)c3)ncc2C1. The molecule has 0 bridgehead atoms. The molecular weight excluding hydrogens is 305 g/mol. The van der Waals surface area contributed by atoms with Gasteiger partial charge in [0.25, 0.3) is 5.91 Å². The van der Waals surface area contributed by atoms with Crippen LogP contribution in [0.3, 0.4) is 0 Å². The molecule has 1 aliphatic rings. The molecule has 0 radical (unpaired) electrons. The van der Waals surface area contributed by atoms with Crippen molar-refractivity contribution in [3.63, 3.8) is 0 Å². The molecule has 2 aromatic rings. The molecule has 0 fully saturated rings. The first-order valence-corrected chi connectivity index (χ1v) is 8.24. The van der Waals surface area contributed by atoms with E-state index in [0.717, 1.165) is 30.5 Å². The monoisotopic (exact) mass is 327 g/mol. The summed E-state index contributed by atoms with van der Waals surface area (Å²) in [6, 6.07) is 5.56. The molecular formula is C19H22FN3O. The topological polar surface area (TPSA) is 54.9 Å². The second-order valence-electron chi connectivity index (χ2n) is 7.44. The van der Waals surface area contributed by atoms with E-state index in [0.29, 0.717) is 5.92 Å². The van der Waals surface area contributed by atoms with Crippen LogP contribution in [0.25, 0.3) is 0 Å². The van der Waals surface area contributed by atoms with Crippen LogP contribution in [0.2, 0.25) is 0 Å². The molecule has 1 aliphatic carbocycles. The second kappa shape index (κ2) is 6.30. The number of hydrogen-bond donors (Lipinski definition) is 1. The van der Waals surface area contributed by atoms with E-state index >= 15 is 0 Å². The summed E-state index contributed by atoms with van der Waals surface area (Å²) in [5.41, 5.74) is 2.68. The lowest BCUT2D eigenvalue weighted by molar-refractivity contribution is 0.102. The highest BCUT2D eigenvalue weighted by Crippen LogP contribution is 2.36. The van der Waals surface area contributed by atoms with Gasteiger partial charge in [0.1, 0.15) is 5.82 Å². The third-order valence-corrected chi connectivity index (χ3v) is 4.69. The molecule has 3 rings (SSSR count). The molecule has 1 heterocycles. The lowest BCUT2D eigenvalue weighted by Crippen LogP contribution is -2.28. The molecule has 0 saturated heterocycles. The summed E-state index contributed by atoms with van der Waals surface area (Å²) in [6.07, 6.45) is 4.76. The first-order valence-electron chi connectivity index (χ1n) is 8.24. The highest BCUT2D eigenvalue weighted by Gasteiger charge is 2.29. The number of aromatic nitrogens is 2. The molecule has 1 atom stereocenters. The number of amides is 1. The van der Waals surface area contributed by atoms with E-state index in [9.17, 15) is 9.18 Å². The Balaban J connectivity index is 1.74.